The third-order valence-electron chi connectivity index (χ3n) is 8.05. The van der Waals surface area contributed by atoms with E-state index in [1.54, 1.807) is 0 Å². The highest BCUT2D eigenvalue weighted by atomic mass is 19.1. The highest BCUT2D eigenvalue weighted by Crippen LogP contribution is 2.41. The van der Waals surface area contributed by atoms with Gasteiger partial charge >= 0.3 is 0 Å². The molecular formula is C24H44FNO5. The highest BCUT2D eigenvalue weighted by Gasteiger charge is 2.40. The lowest BCUT2D eigenvalue weighted by Crippen LogP contribution is -2.62. The van der Waals surface area contributed by atoms with E-state index in [0.717, 1.165) is 44.4 Å². The normalized spacial score (nSPS) is 38.4. The second-order valence-corrected chi connectivity index (χ2v) is 10.2. The molecule has 0 spiro atoms. The molecule has 0 aromatic carbocycles. The summed E-state index contributed by atoms with van der Waals surface area (Å²) in [7, 11) is 0. The molecule has 0 amide bonds. The molecule has 0 bridgehead atoms. The molecule has 3 fully saturated rings. The Hall–Kier alpha value is -0.310. The van der Waals surface area contributed by atoms with Crippen LogP contribution < -0.4 is 0 Å². The van der Waals surface area contributed by atoms with Crippen molar-refractivity contribution in [3.8, 4) is 0 Å². The number of nitrogens with zero attached hydrogens (tertiary/aromatic N) is 1. The van der Waals surface area contributed by atoms with Crippen molar-refractivity contribution in [1.82, 2.24) is 4.90 Å². The maximum atomic E-state index is 14.7. The monoisotopic (exact) mass is 445 g/mol. The Bertz CT molecular complexity index is 506. The van der Waals surface area contributed by atoms with E-state index in [9.17, 15) is 24.8 Å². The summed E-state index contributed by atoms with van der Waals surface area (Å²) in [6.45, 7) is 1.79. The van der Waals surface area contributed by atoms with Crippen LogP contribution in [0.4, 0.5) is 4.39 Å². The minimum Gasteiger partial charge on any atom is -0.395 e. The molecule has 31 heavy (non-hydrogen) atoms. The van der Waals surface area contributed by atoms with E-state index in [1.807, 2.05) is 4.90 Å². The van der Waals surface area contributed by atoms with Crippen molar-refractivity contribution < 1.29 is 29.6 Å². The second kappa shape index (κ2) is 12.8. The standard InChI is InChI=1S/C24H44FNO5/c25-20-13-18(17-7-3-1-4-8-17)9-10-19(20)16-31-12-6-2-5-11-26-14-22(28)24(30)23(29)21(26)15-27/h17-24,27-30H,1-16H2/t18?,19?,20?,21-,22+,23-,24-/m1/s1. The fraction of sp³-hybridized carbons (Fsp3) is 1.00. The number of alkyl halides is 1. The van der Waals surface area contributed by atoms with Crippen molar-refractivity contribution in [1.29, 1.82) is 0 Å². The van der Waals surface area contributed by atoms with Gasteiger partial charge in [0.25, 0.3) is 0 Å². The number of unbranched alkanes of at least 4 members (excludes halogenated alkanes) is 2. The third-order valence-corrected chi connectivity index (χ3v) is 8.05. The predicted octanol–water partition coefficient (Wildman–Crippen LogP) is 2.27. The van der Waals surface area contributed by atoms with Crippen molar-refractivity contribution in [2.45, 2.75) is 101 Å². The number of aliphatic hydroxyl groups excluding tert-OH is 4. The molecule has 3 rings (SSSR count). The number of hydrogen-bond donors (Lipinski definition) is 4. The molecule has 4 N–H and O–H groups in total. The minimum absolute atomic E-state index is 0.0490. The van der Waals surface area contributed by atoms with Gasteiger partial charge < -0.3 is 25.2 Å². The maximum Gasteiger partial charge on any atom is 0.109 e. The number of aliphatic hydroxyl groups is 4. The van der Waals surface area contributed by atoms with Gasteiger partial charge in [-0.3, -0.25) is 4.90 Å². The van der Waals surface area contributed by atoms with E-state index in [-0.39, 0.29) is 19.1 Å². The summed E-state index contributed by atoms with van der Waals surface area (Å²) in [6.07, 6.45) is 8.05. The van der Waals surface area contributed by atoms with E-state index in [4.69, 9.17) is 4.74 Å². The maximum absolute atomic E-state index is 14.7. The van der Waals surface area contributed by atoms with Gasteiger partial charge in [0.15, 0.2) is 0 Å². The number of β-amino-alcohol motifs (C(OH)–C–C–N with tert-alkyl or cyclic N) is 1. The Morgan fingerprint density at radius 2 is 1.65 bits per heavy atom. The van der Waals surface area contributed by atoms with Gasteiger partial charge in [-0.1, -0.05) is 32.1 Å². The van der Waals surface area contributed by atoms with Crippen molar-refractivity contribution in [3.05, 3.63) is 0 Å². The Balaban J connectivity index is 1.25. The Labute approximate surface area is 186 Å². The summed E-state index contributed by atoms with van der Waals surface area (Å²) in [6, 6.07) is -0.542. The fourth-order valence-electron chi connectivity index (χ4n) is 6.00. The van der Waals surface area contributed by atoms with Crippen LogP contribution in [0.5, 0.6) is 0 Å². The molecule has 1 heterocycles. The van der Waals surface area contributed by atoms with Crippen molar-refractivity contribution in [2.75, 3.05) is 32.9 Å². The van der Waals surface area contributed by atoms with E-state index in [1.165, 1.54) is 32.1 Å². The molecule has 6 nitrogen and oxygen atoms in total. The Morgan fingerprint density at radius 1 is 0.871 bits per heavy atom. The fourth-order valence-corrected chi connectivity index (χ4v) is 6.00. The molecule has 182 valence electrons. The van der Waals surface area contributed by atoms with Gasteiger partial charge in [-0.2, -0.15) is 0 Å². The molecule has 0 aromatic rings. The van der Waals surface area contributed by atoms with Gasteiger partial charge in [0.1, 0.15) is 18.4 Å². The van der Waals surface area contributed by atoms with Crippen LogP contribution in [0, 0.1) is 17.8 Å². The summed E-state index contributed by atoms with van der Waals surface area (Å²) >= 11 is 0. The van der Waals surface area contributed by atoms with Gasteiger partial charge in [0.2, 0.25) is 0 Å². The van der Waals surface area contributed by atoms with Crippen LogP contribution in [0.25, 0.3) is 0 Å². The van der Waals surface area contributed by atoms with Crippen LogP contribution in [0.15, 0.2) is 0 Å². The first-order valence-corrected chi connectivity index (χ1v) is 12.6. The number of halogens is 1. The summed E-state index contributed by atoms with van der Waals surface area (Å²) in [5, 5.41) is 39.1. The zero-order chi connectivity index (χ0) is 22.2. The minimum atomic E-state index is -1.21. The lowest BCUT2D eigenvalue weighted by molar-refractivity contribution is -0.145. The molecule has 3 unspecified atom stereocenters. The van der Waals surface area contributed by atoms with Crippen LogP contribution in [0.3, 0.4) is 0 Å². The number of ether oxygens (including phenoxy) is 1. The average molecular weight is 446 g/mol. The lowest BCUT2D eigenvalue weighted by Gasteiger charge is -2.43. The number of likely N-dealkylation sites (tertiary alicyclic amines) is 1. The first-order chi connectivity index (χ1) is 15.0. The second-order valence-electron chi connectivity index (χ2n) is 10.2. The highest BCUT2D eigenvalue weighted by molar-refractivity contribution is 4.94. The van der Waals surface area contributed by atoms with Crippen LogP contribution >= 0.6 is 0 Å². The van der Waals surface area contributed by atoms with E-state index < -0.39 is 30.5 Å². The van der Waals surface area contributed by atoms with Crippen LogP contribution in [-0.2, 0) is 4.74 Å². The van der Waals surface area contributed by atoms with Gasteiger partial charge in [0.05, 0.1) is 25.4 Å². The average Bonchev–Trinajstić information content (AvgIpc) is 2.78. The summed E-state index contributed by atoms with van der Waals surface area (Å²) in [5.41, 5.74) is 0. The number of hydrogen-bond acceptors (Lipinski definition) is 6. The summed E-state index contributed by atoms with van der Waals surface area (Å²) < 4.78 is 20.5. The molecule has 2 aliphatic carbocycles. The smallest absolute Gasteiger partial charge is 0.109 e. The Kier molecular flexibility index (Phi) is 10.5. The third kappa shape index (κ3) is 7.08. The molecule has 1 aliphatic heterocycles. The largest absolute Gasteiger partial charge is 0.395 e. The van der Waals surface area contributed by atoms with Gasteiger partial charge in [-0.15, -0.1) is 0 Å². The van der Waals surface area contributed by atoms with Gasteiger partial charge in [0, 0.05) is 19.1 Å². The number of piperidine rings is 1. The summed E-state index contributed by atoms with van der Waals surface area (Å²) in [4.78, 5) is 1.85. The quantitative estimate of drug-likeness (QED) is 0.386. The summed E-state index contributed by atoms with van der Waals surface area (Å²) in [5.74, 6) is 1.39. The lowest BCUT2D eigenvalue weighted by atomic mass is 9.70. The van der Waals surface area contributed by atoms with Crippen molar-refractivity contribution >= 4 is 0 Å². The molecule has 3 aliphatic rings. The molecule has 0 aromatic heterocycles. The molecule has 7 heteroatoms. The van der Waals surface area contributed by atoms with Gasteiger partial charge in [-0.05, 0) is 56.9 Å². The first-order valence-electron chi connectivity index (χ1n) is 12.6. The van der Waals surface area contributed by atoms with Crippen LogP contribution in [-0.4, -0.2) is 88.8 Å². The van der Waals surface area contributed by atoms with Crippen molar-refractivity contribution in [3.63, 3.8) is 0 Å². The van der Waals surface area contributed by atoms with Crippen LogP contribution in [0.2, 0.25) is 0 Å². The molecule has 0 radical (unpaired) electrons. The zero-order valence-corrected chi connectivity index (χ0v) is 19.0. The molecular weight excluding hydrogens is 401 g/mol. The molecule has 1 saturated heterocycles. The van der Waals surface area contributed by atoms with Crippen LogP contribution in [0.1, 0.15) is 70.6 Å². The van der Waals surface area contributed by atoms with Gasteiger partial charge in [-0.25, -0.2) is 4.39 Å². The first kappa shape index (κ1) is 25.3. The SMILES string of the molecule is OC[C@@H]1[C@@H](O)[C@H](O)[C@@H](O)CN1CCCCCOCC1CCC(C2CCCCC2)CC1F. The van der Waals surface area contributed by atoms with Crippen molar-refractivity contribution in [2.24, 2.45) is 17.8 Å². The van der Waals surface area contributed by atoms with E-state index >= 15 is 0 Å². The van der Waals surface area contributed by atoms with E-state index in [0.29, 0.717) is 25.7 Å². The number of rotatable bonds is 10. The predicted molar refractivity (Wildman–Crippen MR) is 117 cm³/mol. The topological polar surface area (TPSA) is 93.4 Å². The van der Waals surface area contributed by atoms with E-state index in [2.05, 4.69) is 0 Å². The molecule has 7 atom stereocenters. The zero-order valence-electron chi connectivity index (χ0n) is 19.0. The molecule has 2 saturated carbocycles. The Morgan fingerprint density at radius 3 is 2.35 bits per heavy atom.